The SMILES string of the molecule is CC(O)C(=O)O.Oc1cccc[c]1[Na]. The molecule has 1 unspecified atom stereocenters. The summed E-state index contributed by atoms with van der Waals surface area (Å²) in [6.07, 6.45) is -1.23. The van der Waals surface area contributed by atoms with E-state index in [0.29, 0.717) is 5.75 Å². The number of para-hydroxylation sites is 1. The molecule has 0 heterocycles. The summed E-state index contributed by atoms with van der Waals surface area (Å²) in [6, 6.07) is 7.41. The zero-order chi connectivity index (χ0) is 11.1. The standard InChI is InChI=1S/C6H5O.C3H6O3.Na/c7-6-4-2-1-3-5-6;1-2(4)3(5)6;/h1-4,7H;2,4H,1H3,(H,5,6);. The first-order valence-corrected chi connectivity index (χ1v) is 5.10. The quantitative estimate of drug-likeness (QED) is 0.548. The Bertz CT molecular complexity index is 278. The molecule has 0 aliphatic rings. The van der Waals surface area contributed by atoms with Crippen molar-refractivity contribution in [2.24, 2.45) is 0 Å². The van der Waals surface area contributed by atoms with Crippen molar-refractivity contribution < 1.29 is 20.1 Å². The Morgan fingerprint density at radius 1 is 1.43 bits per heavy atom. The number of carboxylic acids is 1. The van der Waals surface area contributed by atoms with E-state index in [1.807, 2.05) is 18.2 Å². The molecule has 72 valence electrons. The minimum atomic E-state index is -1.23. The Morgan fingerprint density at radius 2 is 1.86 bits per heavy atom. The van der Waals surface area contributed by atoms with E-state index in [-0.39, 0.29) is 0 Å². The van der Waals surface area contributed by atoms with E-state index in [1.54, 1.807) is 6.07 Å². The van der Waals surface area contributed by atoms with E-state index < -0.39 is 12.1 Å². The van der Waals surface area contributed by atoms with Gasteiger partial charge in [-0.1, -0.05) is 0 Å². The van der Waals surface area contributed by atoms with E-state index in [2.05, 4.69) is 0 Å². The molecule has 1 aromatic carbocycles. The van der Waals surface area contributed by atoms with Gasteiger partial charge in [0.25, 0.3) is 0 Å². The molecule has 14 heavy (non-hydrogen) atoms. The zero-order valence-corrected chi connectivity index (χ0v) is 10.1. The molecular formula is C9H11NaO4. The average Bonchev–Trinajstić information content (AvgIpc) is 2.11. The van der Waals surface area contributed by atoms with Gasteiger partial charge in [0.2, 0.25) is 0 Å². The Morgan fingerprint density at radius 3 is 2.07 bits per heavy atom. The first kappa shape index (κ1) is 13.4. The molecule has 0 saturated heterocycles. The van der Waals surface area contributed by atoms with Gasteiger partial charge in [0.05, 0.1) is 0 Å². The summed E-state index contributed by atoms with van der Waals surface area (Å²) < 4.78 is 1.06. The predicted molar refractivity (Wildman–Crippen MR) is 52.8 cm³/mol. The summed E-state index contributed by atoms with van der Waals surface area (Å²) in [5.41, 5.74) is 0. The van der Waals surface area contributed by atoms with Crippen LogP contribution < -0.4 is 2.81 Å². The predicted octanol–water partition coefficient (Wildman–Crippen LogP) is -0.362. The number of hydrogen-bond acceptors (Lipinski definition) is 3. The van der Waals surface area contributed by atoms with Crippen molar-refractivity contribution in [3.05, 3.63) is 24.3 Å². The van der Waals surface area contributed by atoms with Crippen LogP contribution in [0, 0.1) is 0 Å². The van der Waals surface area contributed by atoms with Crippen molar-refractivity contribution in [1.29, 1.82) is 0 Å². The molecule has 0 bridgehead atoms. The van der Waals surface area contributed by atoms with E-state index >= 15 is 0 Å². The van der Waals surface area contributed by atoms with Crippen LogP contribution in [-0.2, 0) is 4.79 Å². The van der Waals surface area contributed by atoms with Crippen LogP contribution in [0.4, 0.5) is 0 Å². The summed E-state index contributed by atoms with van der Waals surface area (Å²) >= 11 is 0.926. The summed E-state index contributed by atoms with van der Waals surface area (Å²) in [4.78, 5) is 9.45. The van der Waals surface area contributed by atoms with Crippen molar-refractivity contribution >= 4 is 36.7 Å². The summed E-state index contributed by atoms with van der Waals surface area (Å²) in [7, 11) is 0. The summed E-state index contributed by atoms with van der Waals surface area (Å²) in [5.74, 6) is -0.755. The first-order chi connectivity index (χ1) is 6.45. The number of aliphatic hydroxyl groups is 1. The fourth-order valence-electron chi connectivity index (χ4n) is 0.563. The molecule has 0 aliphatic heterocycles. The van der Waals surface area contributed by atoms with Gasteiger partial charge >= 0.3 is 71.8 Å². The zero-order valence-electron chi connectivity index (χ0n) is 8.14. The number of aromatic hydroxyl groups is 1. The van der Waals surface area contributed by atoms with E-state index in [9.17, 15) is 4.79 Å². The number of aliphatic carboxylic acids is 1. The van der Waals surface area contributed by atoms with E-state index in [4.69, 9.17) is 15.3 Å². The molecule has 3 N–H and O–H groups in total. The van der Waals surface area contributed by atoms with E-state index in [0.717, 1.165) is 30.7 Å². The van der Waals surface area contributed by atoms with Crippen LogP contribution in [0.25, 0.3) is 0 Å². The van der Waals surface area contributed by atoms with Crippen LogP contribution in [0.2, 0.25) is 0 Å². The molecule has 5 heteroatoms. The monoisotopic (exact) mass is 206 g/mol. The maximum atomic E-state index is 9.45. The van der Waals surface area contributed by atoms with Gasteiger partial charge in [-0.2, -0.15) is 0 Å². The Kier molecular flexibility index (Phi) is 6.57. The van der Waals surface area contributed by atoms with Gasteiger partial charge in [-0.15, -0.1) is 0 Å². The number of rotatable bonds is 1. The van der Waals surface area contributed by atoms with Gasteiger partial charge in [-0.25, -0.2) is 4.79 Å². The first-order valence-electron chi connectivity index (χ1n) is 4.10. The molecule has 0 amide bonds. The molecule has 0 aromatic heterocycles. The second-order valence-corrected chi connectivity index (χ2v) is 3.88. The number of carboxylic acid groups (broad SMARTS) is 1. The number of phenols is 1. The number of carbonyl (C=O) groups is 1. The van der Waals surface area contributed by atoms with Crippen molar-refractivity contribution in [2.75, 3.05) is 0 Å². The van der Waals surface area contributed by atoms with Crippen molar-refractivity contribution in [3.63, 3.8) is 0 Å². The molecule has 0 radical (unpaired) electrons. The van der Waals surface area contributed by atoms with Gasteiger partial charge in [0.1, 0.15) is 6.10 Å². The van der Waals surface area contributed by atoms with Gasteiger partial charge in [0, 0.05) is 0 Å². The number of benzene rings is 1. The third-order valence-corrected chi connectivity index (χ3v) is 2.32. The summed E-state index contributed by atoms with van der Waals surface area (Å²) in [6.45, 7) is 1.20. The topological polar surface area (TPSA) is 77.8 Å². The van der Waals surface area contributed by atoms with Crippen LogP contribution in [0.15, 0.2) is 24.3 Å². The fourth-order valence-corrected chi connectivity index (χ4v) is 0.923. The average molecular weight is 206 g/mol. The number of hydrogen-bond donors (Lipinski definition) is 3. The molecule has 0 fully saturated rings. The minimum absolute atomic E-state index is 0.430. The second kappa shape index (κ2) is 6.84. The fraction of sp³-hybridized carbons (Fsp3) is 0.222. The molecule has 1 atom stereocenters. The van der Waals surface area contributed by atoms with Gasteiger partial charge in [-0.05, 0) is 6.92 Å². The van der Waals surface area contributed by atoms with Gasteiger partial charge in [-0.3, -0.25) is 0 Å². The molecular weight excluding hydrogens is 195 g/mol. The second-order valence-electron chi connectivity index (χ2n) is 2.80. The van der Waals surface area contributed by atoms with Crippen molar-refractivity contribution in [3.8, 4) is 5.75 Å². The van der Waals surface area contributed by atoms with Crippen LogP contribution in [0.1, 0.15) is 6.92 Å². The van der Waals surface area contributed by atoms with Crippen molar-refractivity contribution in [1.82, 2.24) is 0 Å². The number of phenolic OH excluding ortho intramolecular Hbond substituents is 1. The molecule has 0 saturated carbocycles. The van der Waals surface area contributed by atoms with Crippen LogP contribution in [-0.4, -0.2) is 55.3 Å². The Balaban J connectivity index is 0.000000255. The van der Waals surface area contributed by atoms with E-state index in [1.165, 1.54) is 6.92 Å². The molecule has 4 nitrogen and oxygen atoms in total. The van der Waals surface area contributed by atoms with Crippen LogP contribution in [0.3, 0.4) is 0 Å². The molecule has 0 aliphatic carbocycles. The normalized spacial score (nSPS) is 11.1. The number of aliphatic hydroxyl groups excluding tert-OH is 1. The van der Waals surface area contributed by atoms with Gasteiger partial charge in [0.15, 0.2) is 0 Å². The van der Waals surface area contributed by atoms with Crippen LogP contribution >= 0.6 is 0 Å². The van der Waals surface area contributed by atoms with Gasteiger partial charge < -0.3 is 10.2 Å². The summed E-state index contributed by atoms with van der Waals surface area (Å²) in [5, 5.41) is 24.7. The molecule has 1 rings (SSSR count). The maximum absolute atomic E-state index is 9.45. The third-order valence-electron chi connectivity index (χ3n) is 1.47. The molecule has 1 aromatic rings. The van der Waals surface area contributed by atoms with Crippen molar-refractivity contribution in [2.45, 2.75) is 13.0 Å². The Hall–Kier alpha value is -0.550. The third kappa shape index (κ3) is 5.99. The van der Waals surface area contributed by atoms with Crippen LogP contribution in [0.5, 0.6) is 5.75 Å². The Labute approximate surface area is 99.6 Å². The molecule has 0 spiro atoms.